The summed E-state index contributed by atoms with van der Waals surface area (Å²) in [4.78, 5) is 0. The van der Waals surface area contributed by atoms with E-state index in [1.807, 2.05) is 6.07 Å². The Balaban J connectivity index is 2.84. The molecule has 0 aliphatic carbocycles. The van der Waals surface area contributed by atoms with Gasteiger partial charge in [-0.25, -0.2) is 4.39 Å². The van der Waals surface area contributed by atoms with E-state index >= 15 is 0 Å². The molecule has 1 rings (SSSR count). The molecule has 0 aromatic heterocycles. The predicted octanol–water partition coefficient (Wildman–Crippen LogP) is 5.85. The Bertz CT molecular complexity index is 373. The molecule has 0 saturated carbocycles. The van der Waals surface area contributed by atoms with Crippen LogP contribution in [0.5, 0.6) is 0 Å². The molecule has 0 heterocycles. The van der Waals surface area contributed by atoms with Crippen molar-refractivity contribution in [2.45, 2.75) is 46.0 Å². The second-order valence-corrected chi connectivity index (χ2v) is 5.69. The van der Waals surface area contributed by atoms with E-state index in [1.165, 1.54) is 6.07 Å². The number of hydrogen-bond acceptors (Lipinski definition) is 0. The van der Waals surface area contributed by atoms with Gasteiger partial charge in [0, 0.05) is 5.88 Å². The lowest BCUT2D eigenvalue weighted by molar-refractivity contribution is 0.279. The van der Waals surface area contributed by atoms with Crippen LogP contribution < -0.4 is 0 Å². The molecule has 0 radical (unpaired) electrons. The zero-order valence-corrected chi connectivity index (χ0v) is 12.6. The van der Waals surface area contributed by atoms with Crippen LogP contribution in [0.3, 0.4) is 0 Å². The van der Waals surface area contributed by atoms with Gasteiger partial charge in [-0.2, -0.15) is 0 Å². The number of unbranched alkanes of at least 4 members (excludes halogenated alkanes) is 1. The third kappa shape index (κ3) is 4.13. The van der Waals surface area contributed by atoms with Crippen molar-refractivity contribution in [1.82, 2.24) is 0 Å². The molecule has 3 heteroatoms. The van der Waals surface area contributed by atoms with Crippen LogP contribution in [0.2, 0.25) is 5.02 Å². The van der Waals surface area contributed by atoms with Crippen molar-refractivity contribution in [2.75, 3.05) is 5.88 Å². The van der Waals surface area contributed by atoms with Crippen LogP contribution in [0.1, 0.15) is 45.1 Å². The Labute approximate surface area is 119 Å². The van der Waals surface area contributed by atoms with Crippen LogP contribution in [0, 0.1) is 11.2 Å². The summed E-state index contributed by atoms with van der Waals surface area (Å²) < 4.78 is 13.4. The van der Waals surface area contributed by atoms with Gasteiger partial charge >= 0.3 is 0 Å². The summed E-state index contributed by atoms with van der Waals surface area (Å²) in [6.07, 6.45) is 5.25. The number of rotatable bonds is 7. The zero-order valence-electron chi connectivity index (χ0n) is 11.1. The molecule has 1 atom stereocenters. The topological polar surface area (TPSA) is 0 Å². The standard InChI is InChI=1S/C15H21Cl2F/c1-3-5-8-15(4-2,11-16)10-12-6-7-13(17)14(18)9-12/h6-7,9H,3-5,8,10-11H2,1-2H3. The Kier molecular flexibility index (Phi) is 6.45. The van der Waals surface area contributed by atoms with Crippen LogP contribution >= 0.6 is 23.2 Å². The van der Waals surface area contributed by atoms with E-state index in [4.69, 9.17) is 23.2 Å². The van der Waals surface area contributed by atoms with Crippen molar-refractivity contribution in [1.29, 1.82) is 0 Å². The number of halogens is 3. The Morgan fingerprint density at radius 2 is 2.00 bits per heavy atom. The first-order chi connectivity index (χ1) is 8.56. The largest absolute Gasteiger partial charge is 0.205 e. The van der Waals surface area contributed by atoms with Crippen molar-refractivity contribution in [2.24, 2.45) is 5.41 Å². The Hall–Kier alpha value is -0.270. The molecule has 0 aliphatic rings. The highest BCUT2D eigenvalue weighted by Crippen LogP contribution is 2.35. The average Bonchev–Trinajstić information content (AvgIpc) is 2.39. The second kappa shape index (κ2) is 7.35. The molecule has 0 spiro atoms. The first-order valence-corrected chi connectivity index (χ1v) is 7.48. The third-order valence-corrected chi connectivity index (χ3v) is 4.53. The normalized spacial score (nSPS) is 14.5. The number of benzene rings is 1. The number of hydrogen-bond donors (Lipinski definition) is 0. The van der Waals surface area contributed by atoms with E-state index in [0.29, 0.717) is 5.88 Å². The third-order valence-electron chi connectivity index (χ3n) is 3.66. The van der Waals surface area contributed by atoms with Gasteiger partial charge in [0.15, 0.2) is 0 Å². The van der Waals surface area contributed by atoms with Crippen molar-refractivity contribution in [3.8, 4) is 0 Å². The van der Waals surface area contributed by atoms with Gasteiger partial charge in [0.25, 0.3) is 0 Å². The molecule has 1 aromatic carbocycles. The highest BCUT2D eigenvalue weighted by molar-refractivity contribution is 6.30. The van der Waals surface area contributed by atoms with Crippen molar-refractivity contribution in [3.63, 3.8) is 0 Å². The van der Waals surface area contributed by atoms with Gasteiger partial charge in [-0.1, -0.05) is 44.4 Å². The summed E-state index contributed by atoms with van der Waals surface area (Å²) in [6.45, 7) is 4.33. The summed E-state index contributed by atoms with van der Waals surface area (Å²) in [6, 6.07) is 5.06. The maximum absolute atomic E-state index is 13.4. The van der Waals surface area contributed by atoms with E-state index < -0.39 is 0 Å². The first kappa shape index (κ1) is 15.8. The lowest BCUT2D eigenvalue weighted by Crippen LogP contribution is -2.25. The molecule has 0 nitrogen and oxygen atoms in total. The van der Waals surface area contributed by atoms with Gasteiger partial charge in [0.05, 0.1) is 5.02 Å². The molecular formula is C15H21Cl2F. The Morgan fingerprint density at radius 1 is 1.28 bits per heavy atom. The molecule has 1 aromatic rings. The van der Waals surface area contributed by atoms with E-state index in [2.05, 4.69) is 13.8 Å². The van der Waals surface area contributed by atoms with E-state index in [-0.39, 0.29) is 16.3 Å². The van der Waals surface area contributed by atoms with Crippen LogP contribution in [0.15, 0.2) is 18.2 Å². The van der Waals surface area contributed by atoms with Crippen LogP contribution in [-0.2, 0) is 6.42 Å². The number of alkyl halides is 1. The highest BCUT2D eigenvalue weighted by Gasteiger charge is 2.27. The van der Waals surface area contributed by atoms with Gasteiger partial charge in [-0.05, 0) is 42.4 Å². The molecule has 102 valence electrons. The lowest BCUT2D eigenvalue weighted by Gasteiger charge is -2.31. The molecule has 0 amide bonds. The van der Waals surface area contributed by atoms with Crippen LogP contribution in [-0.4, -0.2) is 5.88 Å². The fourth-order valence-corrected chi connectivity index (χ4v) is 2.77. The molecule has 0 bridgehead atoms. The molecule has 0 fully saturated rings. The second-order valence-electron chi connectivity index (χ2n) is 5.02. The summed E-state index contributed by atoms with van der Waals surface area (Å²) in [7, 11) is 0. The maximum atomic E-state index is 13.4. The van der Waals surface area contributed by atoms with Crippen LogP contribution in [0.25, 0.3) is 0 Å². The Morgan fingerprint density at radius 3 is 2.50 bits per heavy atom. The monoisotopic (exact) mass is 290 g/mol. The minimum Gasteiger partial charge on any atom is -0.205 e. The first-order valence-electron chi connectivity index (χ1n) is 6.57. The molecule has 0 N–H and O–H groups in total. The fourth-order valence-electron chi connectivity index (χ4n) is 2.23. The van der Waals surface area contributed by atoms with Gasteiger partial charge in [0.1, 0.15) is 5.82 Å². The van der Waals surface area contributed by atoms with Crippen molar-refractivity contribution in [3.05, 3.63) is 34.6 Å². The summed E-state index contributed by atoms with van der Waals surface area (Å²) in [5, 5.41) is 0.181. The van der Waals surface area contributed by atoms with Crippen molar-refractivity contribution < 1.29 is 4.39 Å². The smallest absolute Gasteiger partial charge is 0.142 e. The minimum absolute atomic E-state index is 0.0812. The molecular weight excluding hydrogens is 270 g/mol. The maximum Gasteiger partial charge on any atom is 0.142 e. The molecule has 1 unspecified atom stereocenters. The van der Waals surface area contributed by atoms with Gasteiger partial charge < -0.3 is 0 Å². The molecule has 18 heavy (non-hydrogen) atoms. The van der Waals surface area contributed by atoms with Gasteiger partial charge in [-0.15, -0.1) is 11.6 Å². The van der Waals surface area contributed by atoms with E-state index in [9.17, 15) is 4.39 Å². The van der Waals surface area contributed by atoms with Crippen molar-refractivity contribution >= 4 is 23.2 Å². The predicted molar refractivity (Wildman–Crippen MR) is 78.1 cm³/mol. The zero-order chi connectivity index (χ0) is 13.6. The van der Waals surface area contributed by atoms with Gasteiger partial charge in [0.2, 0.25) is 0 Å². The highest BCUT2D eigenvalue weighted by atomic mass is 35.5. The lowest BCUT2D eigenvalue weighted by atomic mass is 9.77. The van der Waals surface area contributed by atoms with E-state index in [0.717, 1.165) is 37.7 Å². The summed E-state index contributed by atoms with van der Waals surface area (Å²) >= 11 is 11.9. The molecule has 0 saturated heterocycles. The average molecular weight is 291 g/mol. The van der Waals surface area contributed by atoms with E-state index in [1.54, 1.807) is 6.07 Å². The minimum atomic E-state index is -0.343. The SMILES string of the molecule is CCCCC(CC)(CCl)Cc1ccc(Cl)c(F)c1. The molecule has 0 aliphatic heterocycles. The quantitative estimate of drug-likeness (QED) is 0.553. The van der Waals surface area contributed by atoms with Crippen LogP contribution in [0.4, 0.5) is 4.39 Å². The van der Waals surface area contributed by atoms with Gasteiger partial charge in [-0.3, -0.25) is 0 Å². The summed E-state index contributed by atoms with van der Waals surface area (Å²) in [5.74, 6) is 0.275. The summed E-state index contributed by atoms with van der Waals surface area (Å²) in [5.41, 5.74) is 1.06. The fraction of sp³-hybridized carbons (Fsp3) is 0.600.